The van der Waals surface area contributed by atoms with E-state index in [1.807, 2.05) is 36.4 Å². The summed E-state index contributed by atoms with van der Waals surface area (Å²) in [5.41, 5.74) is 3.81. The lowest BCUT2D eigenvalue weighted by Gasteiger charge is -2.10. The molecule has 0 spiro atoms. The third-order valence-electron chi connectivity index (χ3n) is 4.66. The zero-order valence-electron chi connectivity index (χ0n) is 13.9. The number of nitriles is 1. The number of carbonyl (C=O) groups is 1. The van der Waals surface area contributed by atoms with Gasteiger partial charge in [0.25, 0.3) is 0 Å². The number of aromatic nitrogens is 1. The van der Waals surface area contributed by atoms with Gasteiger partial charge in [-0.3, -0.25) is 10.1 Å². The molecule has 0 saturated carbocycles. The number of aliphatic carboxylic acids is 1. The van der Waals surface area contributed by atoms with E-state index >= 15 is 0 Å². The van der Waals surface area contributed by atoms with E-state index in [4.69, 9.17) is 0 Å². The van der Waals surface area contributed by atoms with Gasteiger partial charge in [0, 0.05) is 35.0 Å². The summed E-state index contributed by atoms with van der Waals surface area (Å²) in [7, 11) is 0. The van der Waals surface area contributed by atoms with Crippen molar-refractivity contribution >= 4 is 28.6 Å². The number of nitrogens with one attached hydrogen (secondary N) is 1. The van der Waals surface area contributed by atoms with E-state index in [0.717, 1.165) is 22.0 Å². The molecule has 26 heavy (non-hydrogen) atoms. The maximum Gasteiger partial charge on any atom is 0.321 e. The Hall–Kier alpha value is -2.75. The molecule has 0 amide bonds. The fourth-order valence-corrected chi connectivity index (χ4v) is 4.61. The van der Waals surface area contributed by atoms with Crippen molar-refractivity contribution in [2.24, 2.45) is 0 Å². The largest absolute Gasteiger partial charge is 0.480 e. The number of carboxylic acid groups (broad SMARTS) is 1. The van der Waals surface area contributed by atoms with Crippen molar-refractivity contribution in [3.8, 4) is 6.07 Å². The Labute approximate surface area is 155 Å². The summed E-state index contributed by atoms with van der Waals surface area (Å²) in [6.07, 6.45) is 2.08. The summed E-state index contributed by atoms with van der Waals surface area (Å²) in [6, 6.07) is 17.4. The Balaban J connectivity index is 1.73. The zero-order chi connectivity index (χ0) is 18.1. The molecule has 1 aromatic heterocycles. The predicted molar refractivity (Wildman–Crippen MR) is 102 cm³/mol. The molecule has 1 fully saturated rings. The van der Waals surface area contributed by atoms with Gasteiger partial charge in [0.15, 0.2) is 0 Å². The normalized spacial score (nSPS) is 19.5. The average Bonchev–Trinajstić information content (AvgIpc) is 3.28. The van der Waals surface area contributed by atoms with Gasteiger partial charge < -0.3 is 9.67 Å². The molecule has 0 unspecified atom stereocenters. The maximum atomic E-state index is 11.2. The number of carboxylic acids is 1. The van der Waals surface area contributed by atoms with Crippen LogP contribution >= 0.6 is 11.8 Å². The van der Waals surface area contributed by atoms with Gasteiger partial charge in [0.05, 0.1) is 17.0 Å². The molecule has 130 valence electrons. The Morgan fingerprint density at radius 2 is 2.04 bits per heavy atom. The summed E-state index contributed by atoms with van der Waals surface area (Å²) < 4.78 is 2.14. The van der Waals surface area contributed by atoms with Crippen LogP contribution in [0, 0.1) is 11.3 Å². The monoisotopic (exact) mass is 363 g/mol. The molecule has 6 heteroatoms. The van der Waals surface area contributed by atoms with E-state index in [0.29, 0.717) is 17.9 Å². The number of hydrogen-bond acceptors (Lipinski definition) is 4. The van der Waals surface area contributed by atoms with E-state index in [1.54, 1.807) is 11.8 Å². The predicted octanol–water partition coefficient (Wildman–Crippen LogP) is 3.35. The average molecular weight is 363 g/mol. The maximum absolute atomic E-state index is 11.2. The standard InChI is InChI=1S/C20H17N3O2S/c21-9-13-5-1-2-6-14(13)10-23-11-16(15-7-3-4-8-18(15)23)19-22-17(12-26-19)20(24)25/h1-8,11,17,19,22H,10,12H2,(H,24,25)/t17-,19-/m1/s1. The number of nitrogens with zero attached hydrogens (tertiary/aromatic N) is 2. The molecule has 0 bridgehead atoms. The third kappa shape index (κ3) is 2.96. The van der Waals surface area contributed by atoms with Crippen LogP contribution in [-0.2, 0) is 11.3 Å². The Bertz CT molecular complexity index is 1020. The van der Waals surface area contributed by atoms with Crippen LogP contribution in [-0.4, -0.2) is 27.4 Å². The van der Waals surface area contributed by atoms with Crippen molar-refractivity contribution in [2.75, 3.05) is 5.75 Å². The molecule has 1 saturated heterocycles. The van der Waals surface area contributed by atoms with Crippen molar-refractivity contribution < 1.29 is 9.90 Å². The first-order valence-corrected chi connectivity index (χ1v) is 9.38. The molecule has 4 rings (SSSR count). The highest BCUT2D eigenvalue weighted by atomic mass is 32.2. The summed E-state index contributed by atoms with van der Waals surface area (Å²) in [5.74, 6) is -0.261. The summed E-state index contributed by atoms with van der Waals surface area (Å²) in [5, 5.41) is 22.8. The molecular weight excluding hydrogens is 346 g/mol. The molecule has 2 heterocycles. The topological polar surface area (TPSA) is 78.0 Å². The molecule has 2 aromatic carbocycles. The number of para-hydroxylation sites is 1. The van der Waals surface area contributed by atoms with E-state index in [-0.39, 0.29) is 5.37 Å². The van der Waals surface area contributed by atoms with Crippen LogP contribution in [0.25, 0.3) is 10.9 Å². The van der Waals surface area contributed by atoms with E-state index in [1.165, 1.54) is 0 Å². The van der Waals surface area contributed by atoms with Gasteiger partial charge in [-0.05, 0) is 17.7 Å². The van der Waals surface area contributed by atoms with Crippen molar-refractivity contribution in [1.29, 1.82) is 5.26 Å². The molecule has 1 aliphatic rings. The molecule has 5 nitrogen and oxygen atoms in total. The minimum Gasteiger partial charge on any atom is -0.480 e. The van der Waals surface area contributed by atoms with Gasteiger partial charge in [-0.15, -0.1) is 11.8 Å². The molecule has 0 aliphatic carbocycles. The van der Waals surface area contributed by atoms with Crippen molar-refractivity contribution in [1.82, 2.24) is 9.88 Å². The first kappa shape index (κ1) is 16.7. The van der Waals surface area contributed by atoms with Gasteiger partial charge >= 0.3 is 5.97 Å². The fraction of sp³-hybridized carbons (Fsp3) is 0.200. The van der Waals surface area contributed by atoms with Crippen molar-refractivity contribution in [2.45, 2.75) is 18.0 Å². The first-order chi connectivity index (χ1) is 12.7. The molecular formula is C20H17N3O2S. The number of benzene rings is 2. The van der Waals surface area contributed by atoms with Crippen LogP contribution in [0.1, 0.15) is 22.1 Å². The highest BCUT2D eigenvalue weighted by Crippen LogP contribution is 2.37. The second kappa shape index (κ2) is 6.87. The highest BCUT2D eigenvalue weighted by Gasteiger charge is 2.32. The minimum absolute atomic E-state index is 0.0477. The lowest BCUT2D eigenvalue weighted by molar-refractivity contribution is -0.138. The van der Waals surface area contributed by atoms with Crippen LogP contribution in [0.4, 0.5) is 0 Å². The molecule has 2 atom stereocenters. The molecule has 2 N–H and O–H groups in total. The third-order valence-corrected chi connectivity index (χ3v) is 5.91. The highest BCUT2D eigenvalue weighted by molar-refractivity contribution is 7.99. The molecule has 3 aromatic rings. The summed E-state index contributed by atoms with van der Waals surface area (Å²) in [6.45, 7) is 0.601. The second-order valence-electron chi connectivity index (χ2n) is 6.27. The van der Waals surface area contributed by atoms with Crippen LogP contribution in [0.2, 0.25) is 0 Å². The van der Waals surface area contributed by atoms with E-state index in [9.17, 15) is 15.2 Å². The summed E-state index contributed by atoms with van der Waals surface area (Å²) in [4.78, 5) is 11.2. The van der Waals surface area contributed by atoms with Crippen LogP contribution in [0.15, 0.2) is 54.7 Å². The van der Waals surface area contributed by atoms with Crippen molar-refractivity contribution in [3.63, 3.8) is 0 Å². The van der Waals surface area contributed by atoms with Crippen LogP contribution < -0.4 is 5.32 Å². The van der Waals surface area contributed by atoms with Gasteiger partial charge in [-0.25, -0.2) is 0 Å². The van der Waals surface area contributed by atoms with E-state index < -0.39 is 12.0 Å². The number of fused-ring (bicyclic) bond motifs is 1. The van der Waals surface area contributed by atoms with E-state index in [2.05, 4.69) is 34.3 Å². The van der Waals surface area contributed by atoms with Crippen LogP contribution in [0.3, 0.4) is 0 Å². The summed E-state index contributed by atoms with van der Waals surface area (Å²) >= 11 is 1.62. The number of hydrogen-bond donors (Lipinski definition) is 2. The van der Waals surface area contributed by atoms with Gasteiger partial charge in [-0.1, -0.05) is 36.4 Å². The second-order valence-corrected chi connectivity index (χ2v) is 7.41. The van der Waals surface area contributed by atoms with Gasteiger partial charge in [0.2, 0.25) is 0 Å². The Kier molecular flexibility index (Phi) is 4.41. The smallest absolute Gasteiger partial charge is 0.321 e. The first-order valence-electron chi connectivity index (χ1n) is 8.33. The quantitative estimate of drug-likeness (QED) is 0.743. The van der Waals surface area contributed by atoms with Crippen molar-refractivity contribution in [3.05, 3.63) is 71.4 Å². The van der Waals surface area contributed by atoms with Gasteiger partial charge in [-0.2, -0.15) is 5.26 Å². The number of thioether (sulfide) groups is 1. The Morgan fingerprint density at radius 1 is 1.27 bits per heavy atom. The fourth-order valence-electron chi connectivity index (χ4n) is 3.36. The molecule has 1 aliphatic heterocycles. The van der Waals surface area contributed by atoms with Gasteiger partial charge in [0.1, 0.15) is 6.04 Å². The Morgan fingerprint density at radius 3 is 2.81 bits per heavy atom. The zero-order valence-corrected chi connectivity index (χ0v) is 14.7. The minimum atomic E-state index is -0.813. The molecule has 0 radical (unpaired) electrons. The lowest BCUT2D eigenvalue weighted by Crippen LogP contribution is -2.33. The lowest BCUT2D eigenvalue weighted by atomic mass is 10.1. The SMILES string of the molecule is N#Cc1ccccc1Cn1cc([C@@H]2N[C@@H](C(=O)O)CS2)c2ccccc21. The number of rotatable bonds is 4. The van der Waals surface area contributed by atoms with Crippen LogP contribution in [0.5, 0.6) is 0 Å².